The summed E-state index contributed by atoms with van der Waals surface area (Å²) < 4.78 is 19.7. The molecule has 19 heavy (non-hydrogen) atoms. The van der Waals surface area contributed by atoms with E-state index in [2.05, 4.69) is 15.9 Å². The van der Waals surface area contributed by atoms with E-state index in [1.807, 2.05) is 6.07 Å². The lowest BCUT2D eigenvalue weighted by atomic mass is 10.2. The topological polar surface area (TPSA) is 52.4 Å². The van der Waals surface area contributed by atoms with E-state index in [1.165, 1.54) is 18.2 Å². The van der Waals surface area contributed by atoms with E-state index in [0.717, 1.165) is 0 Å². The molecule has 0 N–H and O–H groups in total. The summed E-state index contributed by atoms with van der Waals surface area (Å²) in [5.74, 6) is -0.152. The zero-order valence-electron chi connectivity index (χ0n) is 9.68. The Morgan fingerprint density at radius 2 is 1.95 bits per heavy atom. The number of nitro groups is 1. The van der Waals surface area contributed by atoms with Crippen LogP contribution in [0.4, 0.5) is 10.1 Å². The Morgan fingerprint density at radius 1 is 1.21 bits per heavy atom. The number of rotatable bonds is 4. The molecule has 0 saturated heterocycles. The maximum Gasteiger partial charge on any atom is 0.278 e. The Morgan fingerprint density at radius 3 is 2.63 bits per heavy atom. The molecule has 4 nitrogen and oxygen atoms in total. The van der Waals surface area contributed by atoms with Crippen molar-refractivity contribution in [1.82, 2.24) is 0 Å². The number of ether oxygens (including phenoxy) is 1. The van der Waals surface area contributed by atoms with Crippen LogP contribution in [0.2, 0.25) is 0 Å². The highest BCUT2D eigenvalue weighted by atomic mass is 79.9. The van der Waals surface area contributed by atoms with Crippen molar-refractivity contribution >= 4 is 21.6 Å². The number of para-hydroxylation sites is 1. The number of nitrogens with zero attached hydrogens (tertiary/aromatic N) is 1. The highest BCUT2D eigenvalue weighted by Gasteiger charge is 2.18. The fraction of sp³-hybridized carbons (Fsp3) is 0.0769. The predicted octanol–water partition coefficient (Wildman–Crippen LogP) is 4.08. The van der Waals surface area contributed by atoms with Crippen LogP contribution in [0.5, 0.6) is 5.75 Å². The summed E-state index contributed by atoms with van der Waals surface area (Å²) in [4.78, 5) is 10.2. The van der Waals surface area contributed by atoms with Gasteiger partial charge in [-0.15, -0.1) is 0 Å². The molecule has 0 spiro atoms. The van der Waals surface area contributed by atoms with Crippen molar-refractivity contribution in [2.24, 2.45) is 0 Å². The number of hydrogen-bond donors (Lipinski definition) is 0. The van der Waals surface area contributed by atoms with E-state index in [9.17, 15) is 14.5 Å². The first kappa shape index (κ1) is 13.5. The lowest BCUT2D eigenvalue weighted by Gasteiger charge is -2.09. The Hall–Kier alpha value is -1.95. The molecule has 6 heteroatoms. The zero-order chi connectivity index (χ0) is 13.8. The monoisotopic (exact) mass is 325 g/mol. The normalized spacial score (nSPS) is 10.2. The van der Waals surface area contributed by atoms with Crippen LogP contribution in [0.15, 0.2) is 46.9 Å². The molecule has 0 saturated carbocycles. The van der Waals surface area contributed by atoms with Crippen molar-refractivity contribution in [2.75, 3.05) is 0 Å². The number of halogens is 2. The molecule has 2 aromatic carbocycles. The molecule has 0 aromatic heterocycles. The van der Waals surface area contributed by atoms with Crippen LogP contribution in [0.25, 0.3) is 0 Å². The van der Waals surface area contributed by atoms with Crippen LogP contribution < -0.4 is 4.74 Å². The van der Waals surface area contributed by atoms with E-state index in [0.29, 0.717) is 10.2 Å². The minimum Gasteiger partial charge on any atom is -0.487 e. The third kappa shape index (κ3) is 3.08. The van der Waals surface area contributed by atoms with Crippen LogP contribution in [0.3, 0.4) is 0 Å². The number of hydrogen-bond acceptors (Lipinski definition) is 3. The maximum absolute atomic E-state index is 13.6. The Balaban J connectivity index is 2.25. The lowest BCUT2D eigenvalue weighted by Crippen LogP contribution is -2.03. The van der Waals surface area contributed by atoms with Gasteiger partial charge >= 0.3 is 0 Å². The zero-order valence-corrected chi connectivity index (χ0v) is 11.3. The maximum atomic E-state index is 13.6. The van der Waals surface area contributed by atoms with Gasteiger partial charge in [0.1, 0.15) is 23.7 Å². The van der Waals surface area contributed by atoms with Crippen molar-refractivity contribution in [3.63, 3.8) is 0 Å². The van der Waals surface area contributed by atoms with Crippen LogP contribution >= 0.6 is 15.9 Å². The third-order valence-electron chi connectivity index (χ3n) is 2.50. The van der Waals surface area contributed by atoms with E-state index in [-0.39, 0.29) is 17.9 Å². The smallest absolute Gasteiger partial charge is 0.278 e. The summed E-state index contributed by atoms with van der Waals surface area (Å²) in [5, 5.41) is 10.8. The molecule has 0 atom stereocenters. The molecular formula is C13H9BrFNO3. The largest absolute Gasteiger partial charge is 0.487 e. The molecule has 0 amide bonds. The van der Waals surface area contributed by atoms with Gasteiger partial charge in [0.2, 0.25) is 0 Å². The Bertz CT molecular complexity index is 619. The van der Waals surface area contributed by atoms with Crippen LogP contribution in [-0.4, -0.2) is 4.92 Å². The van der Waals surface area contributed by atoms with E-state index < -0.39 is 10.7 Å². The van der Waals surface area contributed by atoms with E-state index in [4.69, 9.17) is 4.74 Å². The number of nitro benzene ring substituents is 1. The van der Waals surface area contributed by atoms with Gasteiger partial charge in [0.15, 0.2) is 0 Å². The molecule has 0 aliphatic rings. The quantitative estimate of drug-likeness (QED) is 0.628. The van der Waals surface area contributed by atoms with E-state index >= 15 is 0 Å². The lowest BCUT2D eigenvalue weighted by molar-refractivity contribution is -0.386. The molecule has 0 heterocycles. The summed E-state index contributed by atoms with van der Waals surface area (Å²) >= 11 is 3.28. The first-order valence-electron chi connectivity index (χ1n) is 5.38. The molecule has 98 valence electrons. The van der Waals surface area contributed by atoms with Crippen LogP contribution in [0.1, 0.15) is 5.56 Å². The molecule has 0 radical (unpaired) electrons. The van der Waals surface area contributed by atoms with Crippen molar-refractivity contribution in [3.05, 3.63) is 68.4 Å². The van der Waals surface area contributed by atoms with Crippen molar-refractivity contribution in [2.45, 2.75) is 6.61 Å². The van der Waals surface area contributed by atoms with Gasteiger partial charge in [-0.2, -0.15) is 0 Å². The van der Waals surface area contributed by atoms with Gasteiger partial charge in [-0.3, -0.25) is 10.1 Å². The van der Waals surface area contributed by atoms with Crippen molar-refractivity contribution in [1.29, 1.82) is 0 Å². The summed E-state index contributed by atoms with van der Waals surface area (Å²) in [6.07, 6.45) is 0. The van der Waals surface area contributed by atoms with Gasteiger partial charge in [0.25, 0.3) is 5.69 Å². The summed E-state index contributed by atoms with van der Waals surface area (Å²) in [6, 6.07) is 10.8. The fourth-order valence-corrected chi connectivity index (χ4v) is 1.97. The average Bonchev–Trinajstić information content (AvgIpc) is 2.38. The Kier molecular flexibility index (Phi) is 4.11. The molecule has 0 bridgehead atoms. The van der Waals surface area contributed by atoms with Crippen molar-refractivity contribution in [3.8, 4) is 5.75 Å². The van der Waals surface area contributed by atoms with E-state index in [1.54, 1.807) is 18.2 Å². The first-order valence-corrected chi connectivity index (χ1v) is 6.18. The van der Waals surface area contributed by atoms with Crippen LogP contribution in [-0.2, 0) is 6.61 Å². The van der Waals surface area contributed by atoms with Gasteiger partial charge in [-0.1, -0.05) is 18.2 Å². The number of benzene rings is 2. The summed E-state index contributed by atoms with van der Waals surface area (Å²) in [6.45, 7) is -0.203. The first-order chi connectivity index (χ1) is 9.09. The molecule has 0 aliphatic heterocycles. The SMILES string of the molecule is O=[N+]([O-])c1cccc(F)c1COc1ccccc1Br. The minimum atomic E-state index is -0.652. The molecule has 2 rings (SSSR count). The molecular weight excluding hydrogens is 317 g/mol. The molecule has 0 fully saturated rings. The second-order valence-corrected chi connectivity index (χ2v) is 4.57. The molecule has 0 unspecified atom stereocenters. The van der Waals surface area contributed by atoms with Gasteiger partial charge in [0.05, 0.1) is 9.40 Å². The average molecular weight is 326 g/mol. The van der Waals surface area contributed by atoms with Gasteiger partial charge in [-0.05, 0) is 34.1 Å². The van der Waals surface area contributed by atoms with Gasteiger partial charge in [-0.25, -0.2) is 4.39 Å². The van der Waals surface area contributed by atoms with Crippen molar-refractivity contribution < 1.29 is 14.1 Å². The Labute approximate surface area is 117 Å². The fourth-order valence-electron chi connectivity index (χ4n) is 1.57. The standard InChI is InChI=1S/C13H9BrFNO3/c14-10-4-1-2-7-13(10)19-8-9-11(15)5-3-6-12(9)16(17)18/h1-7H,8H2. The highest BCUT2D eigenvalue weighted by molar-refractivity contribution is 9.10. The minimum absolute atomic E-state index is 0.0664. The van der Waals surface area contributed by atoms with Crippen LogP contribution in [0, 0.1) is 15.9 Å². The van der Waals surface area contributed by atoms with Gasteiger partial charge < -0.3 is 4.74 Å². The summed E-state index contributed by atoms with van der Waals surface area (Å²) in [7, 11) is 0. The third-order valence-corrected chi connectivity index (χ3v) is 3.15. The predicted molar refractivity (Wildman–Crippen MR) is 71.5 cm³/mol. The second-order valence-electron chi connectivity index (χ2n) is 3.71. The van der Waals surface area contributed by atoms with Gasteiger partial charge in [0, 0.05) is 6.07 Å². The highest BCUT2D eigenvalue weighted by Crippen LogP contribution is 2.27. The molecule has 0 aliphatic carbocycles. The molecule has 2 aromatic rings. The summed E-state index contributed by atoms with van der Waals surface area (Å²) in [5.41, 5.74) is -0.352. The second kappa shape index (κ2) is 5.79.